The average Bonchev–Trinajstić information content (AvgIpc) is 2.89. The van der Waals surface area contributed by atoms with Gasteiger partial charge in [-0.25, -0.2) is 4.79 Å². The van der Waals surface area contributed by atoms with Gasteiger partial charge in [-0.05, 0) is 12.1 Å². The molecule has 0 spiro atoms. The fraction of sp³-hybridized carbons (Fsp3) is 0.214. The van der Waals surface area contributed by atoms with Crippen LogP contribution in [0, 0.1) is 0 Å². The number of nitrogens with zero attached hydrogens (tertiary/aromatic N) is 2. The molecule has 0 radical (unpaired) electrons. The molecule has 0 bridgehead atoms. The van der Waals surface area contributed by atoms with E-state index in [1.807, 2.05) is 0 Å². The van der Waals surface area contributed by atoms with Gasteiger partial charge in [0.05, 0.1) is 11.8 Å². The molecule has 8 nitrogen and oxygen atoms in total. The van der Waals surface area contributed by atoms with E-state index in [9.17, 15) is 9.59 Å². The molecule has 1 aromatic carbocycles. The van der Waals surface area contributed by atoms with E-state index in [4.69, 9.17) is 14.6 Å². The van der Waals surface area contributed by atoms with Gasteiger partial charge in [0, 0.05) is 18.8 Å². The first-order chi connectivity index (χ1) is 10.6. The maximum atomic E-state index is 12.2. The van der Waals surface area contributed by atoms with Crippen molar-refractivity contribution in [2.45, 2.75) is 0 Å². The smallest absolute Gasteiger partial charge is 0.354 e. The van der Waals surface area contributed by atoms with Gasteiger partial charge < -0.3 is 19.9 Å². The van der Waals surface area contributed by atoms with Crippen molar-refractivity contribution >= 4 is 17.6 Å². The summed E-state index contributed by atoms with van der Waals surface area (Å²) in [6.07, 6.45) is 1.22. The highest BCUT2D eigenvalue weighted by Gasteiger charge is 2.22. The summed E-state index contributed by atoms with van der Waals surface area (Å²) in [6, 6.07) is 4.97. The van der Waals surface area contributed by atoms with Gasteiger partial charge in [0.25, 0.3) is 5.91 Å². The number of carbonyl (C=O) groups excluding carboxylic acids is 1. The third-order valence-corrected chi connectivity index (χ3v) is 3.19. The molecule has 0 unspecified atom stereocenters. The Kier molecular flexibility index (Phi) is 3.42. The molecule has 0 aliphatic carbocycles. The minimum absolute atomic E-state index is 0.00936. The van der Waals surface area contributed by atoms with E-state index in [0.717, 1.165) is 4.68 Å². The zero-order valence-corrected chi connectivity index (χ0v) is 11.7. The Bertz CT molecular complexity index is 753. The summed E-state index contributed by atoms with van der Waals surface area (Å²) in [6.45, 7) is 0.923. The number of aryl methyl sites for hydroxylation is 1. The lowest BCUT2D eigenvalue weighted by molar-refractivity contribution is 0.0680. The molecule has 0 fully saturated rings. The lowest BCUT2D eigenvalue weighted by Crippen LogP contribution is -2.18. The van der Waals surface area contributed by atoms with E-state index in [-0.39, 0.29) is 11.3 Å². The van der Waals surface area contributed by atoms with E-state index >= 15 is 0 Å². The molecule has 2 aromatic rings. The van der Waals surface area contributed by atoms with Gasteiger partial charge in [-0.1, -0.05) is 0 Å². The SMILES string of the molecule is Cn1ncc(C(=O)Nc2ccc3c(c2)OCCO3)c1C(=O)O. The summed E-state index contributed by atoms with van der Waals surface area (Å²) in [5, 5.41) is 15.6. The summed E-state index contributed by atoms with van der Waals surface area (Å²) >= 11 is 0. The van der Waals surface area contributed by atoms with E-state index in [0.29, 0.717) is 30.4 Å². The van der Waals surface area contributed by atoms with Crippen LogP contribution in [-0.2, 0) is 7.05 Å². The number of benzene rings is 1. The van der Waals surface area contributed by atoms with Gasteiger partial charge in [-0.2, -0.15) is 5.10 Å². The van der Waals surface area contributed by atoms with Crippen molar-refractivity contribution in [3.63, 3.8) is 0 Å². The molecule has 3 rings (SSSR count). The van der Waals surface area contributed by atoms with E-state index in [1.54, 1.807) is 18.2 Å². The summed E-state index contributed by atoms with van der Waals surface area (Å²) in [5.41, 5.74) is 0.300. The Morgan fingerprint density at radius 2 is 2.00 bits per heavy atom. The van der Waals surface area contributed by atoms with Crippen LogP contribution >= 0.6 is 0 Å². The van der Waals surface area contributed by atoms with Crippen molar-refractivity contribution in [3.05, 3.63) is 35.7 Å². The number of nitrogens with one attached hydrogen (secondary N) is 1. The number of hydrogen-bond acceptors (Lipinski definition) is 5. The minimum Gasteiger partial charge on any atom is -0.486 e. The van der Waals surface area contributed by atoms with Gasteiger partial charge in [0.1, 0.15) is 13.2 Å². The van der Waals surface area contributed by atoms with Gasteiger partial charge in [0.15, 0.2) is 17.2 Å². The van der Waals surface area contributed by atoms with Crippen molar-refractivity contribution in [2.75, 3.05) is 18.5 Å². The lowest BCUT2D eigenvalue weighted by Gasteiger charge is -2.18. The molecule has 2 N–H and O–H groups in total. The van der Waals surface area contributed by atoms with E-state index in [2.05, 4.69) is 10.4 Å². The summed E-state index contributed by atoms with van der Waals surface area (Å²) in [5.74, 6) is -0.625. The second-order valence-electron chi connectivity index (χ2n) is 4.65. The molecule has 0 atom stereocenters. The van der Waals surface area contributed by atoms with Gasteiger partial charge in [-0.15, -0.1) is 0 Å². The van der Waals surface area contributed by atoms with Crippen LogP contribution in [0.4, 0.5) is 5.69 Å². The number of carboxylic acids is 1. The van der Waals surface area contributed by atoms with Crippen molar-refractivity contribution in [1.29, 1.82) is 0 Å². The molecule has 1 aliphatic heterocycles. The molecule has 2 heterocycles. The average molecular weight is 303 g/mol. The Hall–Kier alpha value is -3.03. The monoisotopic (exact) mass is 303 g/mol. The maximum Gasteiger partial charge on any atom is 0.354 e. The number of aromatic nitrogens is 2. The maximum absolute atomic E-state index is 12.2. The second-order valence-corrected chi connectivity index (χ2v) is 4.65. The molecule has 114 valence electrons. The number of aromatic carboxylic acids is 1. The van der Waals surface area contributed by atoms with E-state index < -0.39 is 11.9 Å². The van der Waals surface area contributed by atoms with Crippen molar-refractivity contribution in [1.82, 2.24) is 9.78 Å². The number of carboxylic acid groups (broad SMARTS) is 1. The molecule has 1 aliphatic rings. The number of anilines is 1. The largest absolute Gasteiger partial charge is 0.486 e. The molecule has 22 heavy (non-hydrogen) atoms. The highest BCUT2D eigenvalue weighted by molar-refractivity contribution is 6.10. The Morgan fingerprint density at radius 1 is 1.27 bits per heavy atom. The quantitative estimate of drug-likeness (QED) is 0.881. The zero-order valence-electron chi connectivity index (χ0n) is 11.7. The molecule has 1 amide bonds. The zero-order chi connectivity index (χ0) is 15.7. The van der Waals surface area contributed by atoms with Crippen molar-refractivity contribution in [2.24, 2.45) is 7.05 Å². The third kappa shape index (κ3) is 2.46. The van der Waals surface area contributed by atoms with Crippen LogP contribution in [-0.4, -0.2) is 40.0 Å². The summed E-state index contributed by atoms with van der Waals surface area (Å²) in [4.78, 5) is 23.4. The third-order valence-electron chi connectivity index (χ3n) is 3.19. The predicted molar refractivity (Wildman–Crippen MR) is 75.6 cm³/mol. The number of amides is 1. The Balaban J connectivity index is 1.84. The summed E-state index contributed by atoms with van der Waals surface area (Å²) < 4.78 is 12.0. The molecule has 8 heteroatoms. The minimum atomic E-state index is -1.22. The van der Waals surface area contributed by atoms with E-state index in [1.165, 1.54) is 13.2 Å². The van der Waals surface area contributed by atoms with Crippen LogP contribution in [0.3, 0.4) is 0 Å². The molecular formula is C14H13N3O5. The number of rotatable bonds is 3. The summed E-state index contributed by atoms with van der Waals surface area (Å²) in [7, 11) is 1.46. The van der Waals surface area contributed by atoms with Crippen LogP contribution < -0.4 is 14.8 Å². The first-order valence-corrected chi connectivity index (χ1v) is 6.52. The molecule has 0 saturated heterocycles. The number of hydrogen-bond donors (Lipinski definition) is 2. The van der Waals surface area contributed by atoms with Crippen LogP contribution in [0.15, 0.2) is 24.4 Å². The van der Waals surface area contributed by atoms with Crippen LogP contribution in [0.5, 0.6) is 11.5 Å². The first kappa shape index (κ1) is 13.9. The molecule has 0 saturated carbocycles. The van der Waals surface area contributed by atoms with Gasteiger partial charge in [0.2, 0.25) is 0 Å². The van der Waals surface area contributed by atoms with Gasteiger partial charge >= 0.3 is 5.97 Å². The first-order valence-electron chi connectivity index (χ1n) is 6.52. The number of ether oxygens (including phenoxy) is 2. The van der Waals surface area contributed by atoms with Crippen LogP contribution in [0.25, 0.3) is 0 Å². The van der Waals surface area contributed by atoms with Crippen molar-refractivity contribution < 1.29 is 24.2 Å². The van der Waals surface area contributed by atoms with Gasteiger partial charge in [-0.3, -0.25) is 9.48 Å². The predicted octanol–water partition coefficient (Wildman–Crippen LogP) is 1.14. The second kappa shape index (κ2) is 5.40. The normalized spacial score (nSPS) is 12.8. The van der Waals surface area contributed by atoms with Crippen LogP contribution in [0.1, 0.15) is 20.8 Å². The molecular weight excluding hydrogens is 290 g/mol. The molecule has 1 aromatic heterocycles. The standard InChI is InChI=1S/C14H13N3O5/c1-17-12(14(19)20)9(7-15-17)13(18)16-8-2-3-10-11(6-8)22-5-4-21-10/h2-3,6-7H,4-5H2,1H3,(H,16,18)(H,19,20). The fourth-order valence-corrected chi connectivity index (χ4v) is 2.18. The highest BCUT2D eigenvalue weighted by Crippen LogP contribution is 2.32. The van der Waals surface area contributed by atoms with Crippen LogP contribution in [0.2, 0.25) is 0 Å². The highest BCUT2D eigenvalue weighted by atomic mass is 16.6. The van der Waals surface area contributed by atoms with Crippen molar-refractivity contribution in [3.8, 4) is 11.5 Å². The Morgan fingerprint density at radius 3 is 2.73 bits per heavy atom. The number of carbonyl (C=O) groups is 2. The lowest BCUT2D eigenvalue weighted by atomic mass is 10.2. The number of fused-ring (bicyclic) bond motifs is 1. The Labute approximate surface area is 125 Å². The fourth-order valence-electron chi connectivity index (χ4n) is 2.18. The topological polar surface area (TPSA) is 103 Å².